The number of ether oxygens (including phenoxy) is 2. The van der Waals surface area contributed by atoms with Crippen molar-refractivity contribution in [3.63, 3.8) is 0 Å². The van der Waals surface area contributed by atoms with Crippen LogP contribution in [0.2, 0.25) is 0 Å². The highest BCUT2D eigenvalue weighted by atomic mass is 16.5. The molecule has 1 aromatic carbocycles. The third kappa shape index (κ3) is 5.21. The van der Waals surface area contributed by atoms with E-state index in [0.717, 1.165) is 17.7 Å². The summed E-state index contributed by atoms with van der Waals surface area (Å²) in [7, 11) is 3.27. The van der Waals surface area contributed by atoms with Crippen LogP contribution in [0, 0.1) is 5.92 Å². The predicted octanol–water partition coefficient (Wildman–Crippen LogP) is 3.14. The fourth-order valence-corrected chi connectivity index (χ4v) is 1.98. The lowest BCUT2D eigenvalue weighted by Crippen LogP contribution is -2.26. The van der Waals surface area contributed by atoms with Gasteiger partial charge in [0.15, 0.2) is 0 Å². The maximum absolute atomic E-state index is 11.4. The largest absolute Gasteiger partial charge is 0.497 e. The van der Waals surface area contributed by atoms with Crippen LogP contribution in [0.5, 0.6) is 5.75 Å². The van der Waals surface area contributed by atoms with E-state index in [9.17, 15) is 9.90 Å². The smallest absolute Gasteiger partial charge is 0.306 e. The third-order valence-corrected chi connectivity index (χ3v) is 3.64. The molecule has 0 fully saturated rings. The molecule has 0 aliphatic heterocycles. The summed E-state index contributed by atoms with van der Waals surface area (Å²) in [6.07, 6.45) is 1.85. The number of hydrogen-bond acceptors (Lipinski definition) is 3. The highest BCUT2D eigenvalue weighted by molar-refractivity contribution is 5.70. The van der Waals surface area contributed by atoms with Crippen LogP contribution in [-0.2, 0) is 16.0 Å². The molecule has 0 amide bonds. The van der Waals surface area contributed by atoms with Gasteiger partial charge in [-0.15, -0.1) is 0 Å². The van der Waals surface area contributed by atoms with Gasteiger partial charge < -0.3 is 14.6 Å². The van der Waals surface area contributed by atoms with E-state index in [1.165, 1.54) is 0 Å². The molecule has 0 aliphatic rings. The highest BCUT2D eigenvalue weighted by Crippen LogP contribution is 2.23. The van der Waals surface area contributed by atoms with Crippen LogP contribution in [-0.4, -0.2) is 30.9 Å². The Morgan fingerprint density at radius 2 is 1.85 bits per heavy atom. The molecular formula is C16H24O4. The zero-order chi connectivity index (χ0) is 15.2. The summed E-state index contributed by atoms with van der Waals surface area (Å²) in [5.41, 5.74) is 0.724. The molecule has 0 saturated carbocycles. The zero-order valence-corrected chi connectivity index (χ0v) is 12.7. The second-order valence-electron chi connectivity index (χ2n) is 5.59. The average molecular weight is 280 g/mol. The number of carboxylic acids is 1. The van der Waals surface area contributed by atoms with Crippen molar-refractivity contribution in [3.05, 3.63) is 29.8 Å². The quantitative estimate of drug-likeness (QED) is 0.794. The second kappa shape index (κ2) is 7.29. The van der Waals surface area contributed by atoms with Gasteiger partial charge in [0, 0.05) is 7.11 Å². The van der Waals surface area contributed by atoms with Gasteiger partial charge >= 0.3 is 5.97 Å². The molecule has 0 aromatic heterocycles. The Morgan fingerprint density at radius 3 is 2.30 bits per heavy atom. The van der Waals surface area contributed by atoms with Crippen molar-refractivity contribution in [3.8, 4) is 5.75 Å². The van der Waals surface area contributed by atoms with Gasteiger partial charge in [-0.3, -0.25) is 4.79 Å². The van der Waals surface area contributed by atoms with E-state index in [1.54, 1.807) is 14.2 Å². The number of carboxylic acid groups (broad SMARTS) is 1. The number of hydrogen-bond donors (Lipinski definition) is 1. The third-order valence-electron chi connectivity index (χ3n) is 3.64. The van der Waals surface area contributed by atoms with E-state index in [0.29, 0.717) is 12.8 Å². The minimum atomic E-state index is -0.757. The Labute approximate surface area is 120 Å². The Balaban J connectivity index is 2.64. The van der Waals surface area contributed by atoms with Crippen LogP contribution in [0.3, 0.4) is 0 Å². The van der Waals surface area contributed by atoms with Crippen LogP contribution in [0.25, 0.3) is 0 Å². The van der Waals surface area contributed by atoms with Crippen molar-refractivity contribution in [2.24, 2.45) is 5.92 Å². The lowest BCUT2D eigenvalue weighted by molar-refractivity contribution is -0.142. The normalized spacial score (nSPS) is 13.0. The minimum Gasteiger partial charge on any atom is -0.497 e. The molecule has 112 valence electrons. The van der Waals surface area contributed by atoms with Crippen LogP contribution in [0.1, 0.15) is 32.3 Å². The van der Waals surface area contributed by atoms with Crippen LogP contribution in [0.15, 0.2) is 24.3 Å². The van der Waals surface area contributed by atoms with Crippen molar-refractivity contribution >= 4 is 5.97 Å². The number of methoxy groups -OCH3 is 2. The molecule has 4 nitrogen and oxygen atoms in total. The first-order chi connectivity index (χ1) is 9.38. The molecule has 1 aromatic rings. The molecule has 0 aliphatic carbocycles. The molecule has 1 atom stereocenters. The van der Waals surface area contributed by atoms with Crippen molar-refractivity contribution in [1.29, 1.82) is 0 Å². The van der Waals surface area contributed by atoms with E-state index in [4.69, 9.17) is 9.47 Å². The molecule has 20 heavy (non-hydrogen) atoms. The van der Waals surface area contributed by atoms with E-state index >= 15 is 0 Å². The molecule has 0 bridgehead atoms. The van der Waals surface area contributed by atoms with Gasteiger partial charge in [0.1, 0.15) is 5.75 Å². The Morgan fingerprint density at radius 1 is 1.25 bits per heavy atom. The fraction of sp³-hybridized carbons (Fsp3) is 0.562. The van der Waals surface area contributed by atoms with Crippen LogP contribution >= 0.6 is 0 Å². The zero-order valence-electron chi connectivity index (χ0n) is 12.7. The fourth-order valence-electron chi connectivity index (χ4n) is 1.98. The van der Waals surface area contributed by atoms with Crippen molar-refractivity contribution in [2.75, 3.05) is 14.2 Å². The van der Waals surface area contributed by atoms with Gasteiger partial charge in [-0.1, -0.05) is 12.1 Å². The summed E-state index contributed by atoms with van der Waals surface area (Å²) in [6.45, 7) is 3.94. The second-order valence-corrected chi connectivity index (χ2v) is 5.59. The Bertz CT molecular complexity index is 423. The van der Waals surface area contributed by atoms with Crippen molar-refractivity contribution in [1.82, 2.24) is 0 Å². The lowest BCUT2D eigenvalue weighted by atomic mass is 9.90. The first kappa shape index (κ1) is 16.5. The minimum absolute atomic E-state index is 0.284. The maximum atomic E-state index is 11.4. The summed E-state index contributed by atoms with van der Waals surface area (Å²) in [5.74, 6) is -0.369. The van der Waals surface area contributed by atoms with Gasteiger partial charge in [0.05, 0.1) is 18.6 Å². The lowest BCUT2D eigenvalue weighted by Gasteiger charge is -2.24. The van der Waals surface area contributed by atoms with Crippen molar-refractivity contribution < 1.29 is 19.4 Å². The summed E-state index contributed by atoms with van der Waals surface area (Å²) in [5, 5.41) is 9.34. The molecular weight excluding hydrogens is 256 g/mol. The molecule has 0 heterocycles. The van der Waals surface area contributed by atoms with Gasteiger partial charge in [0.25, 0.3) is 0 Å². The first-order valence-corrected chi connectivity index (χ1v) is 6.79. The molecule has 1 N–H and O–H groups in total. The average Bonchev–Trinajstić information content (AvgIpc) is 2.43. The Kier molecular flexibility index (Phi) is 6.02. The van der Waals surface area contributed by atoms with Gasteiger partial charge in [-0.25, -0.2) is 0 Å². The summed E-state index contributed by atoms with van der Waals surface area (Å²) in [6, 6.07) is 7.53. The predicted molar refractivity (Wildman–Crippen MR) is 78.1 cm³/mol. The van der Waals surface area contributed by atoms with E-state index in [2.05, 4.69) is 0 Å². The van der Waals surface area contributed by atoms with E-state index in [-0.39, 0.29) is 5.60 Å². The standard InChI is InChI=1S/C16H24O4/c1-16(2,20-4)10-9-13(15(17)18)11-12-5-7-14(19-3)8-6-12/h5-8,13H,9-11H2,1-4H3,(H,17,18). The van der Waals surface area contributed by atoms with Crippen LogP contribution in [0.4, 0.5) is 0 Å². The molecule has 1 unspecified atom stereocenters. The molecule has 4 heteroatoms. The Hall–Kier alpha value is -1.55. The number of rotatable bonds is 8. The molecule has 0 radical (unpaired) electrons. The monoisotopic (exact) mass is 280 g/mol. The summed E-state index contributed by atoms with van der Waals surface area (Å²) < 4.78 is 10.4. The molecule has 0 spiro atoms. The molecule has 1 rings (SSSR count). The summed E-state index contributed by atoms with van der Waals surface area (Å²) >= 11 is 0. The van der Waals surface area contributed by atoms with Gasteiger partial charge in [0.2, 0.25) is 0 Å². The maximum Gasteiger partial charge on any atom is 0.306 e. The number of benzene rings is 1. The van der Waals surface area contributed by atoms with Gasteiger partial charge in [-0.2, -0.15) is 0 Å². The van der Waals surface area contributed by atoms with E-state index < -0.39 is 11.9 Å². The van der Waals surface area contributed by atoms with Crippen molar-refractivity contribution in [2.45, 2.75) is 38.7 Å². The van der Waals surface area contributed by atoms with Gasteiger partial charge in [-0.05, 0) is 50.8 Å². The summed E-state index contributed by atoms with van der Waals surface area (Å²) in [4.78, 5) is 11.4. The number of aliphatic carboxylic acids is 1. The van der Waals surface area contributed by atoms with E-state index in [1.807, 2.05) is 38.1 Å². The number of carbonyl (C=O) groups is 1. The molecule has 0 saturated heterocycles. The SMILES string of the molecule is COc1ccc(CC(CCC(C)(C)OC)C(=O)O)cc1. The highest BCUT2D eigenvalue weighted by Gasteiger charge is 2.23. The van der Waals surface area contributed by atoms with Crippen LogP contribution < -0.4 is 4.74 Å². The first-order valence-electron chi connectivity index (χ1n) is 6.79. The topological polar surface area (TPSA) is 55.8 Å².